The highest BCUT2D eigenvalue weighted by molar-refractivity contribution is 5.97. The Balaban J connectivity index is 1.63. The lowest BCUT2D eigenvalue weighted by Crippen LogP contribution is -2.66. The zero-order chi connectivity index (χ0) is 30.1. The minimum Gasteiger partial charge on any atom is -0.386 e. The minimum atomic E-state index is -0.774. The fourth-order valence-electron chi connectivity index (χ4n) is 6.38. The first-order valence-corrected chi connectivity index (χ1v) is 15.0. The number of carbonyl (C=O) groups is 2. The quantitative estimate of drug-likeness (QED) is 0.293. The molecule has 7 nitrogen and oxygen atoms in total. The fraction of sp³-hybridized carbons (Fsp3) is 0.412. The Morgan fingerprint density at radius 3 is 2.10 bits per heavy atom. The molecule has 0 unspecified atom stereocenters. The summed E-state index contributed by atoms with van der Waals surface area (Å²) < 4.78 is 13.5. The number of hydrogen-bond acceptors (Lipinski definition) is 5. The Kier molecular flexibility index (Phi) is 10.8. The highest BCUT2D eigenvalue weighted by Crippen LogP contribution is 2.28. The lowest BCUT2D eigenvalue weighted by molar-refractivity contribution is -0.878. The molecule has 0 spiro atoms. The number of β-amino-alcohol motifs (C(OH)–C–C–N with tert-alkyl or cyclic N) is 1. The number of piperazine rings is 1. The number of rotatable bonds is 13. The van der Waals surface area contributed by atoms with Crippen LogP contribution in [0.5, 0.6) is 0 Å². The summed E-state index contributed by atoms with van der Waals surface area (Å²) in [5.74, 6) is -0.918. The van der Waals surface area contributed by atoms with Crippen molar-refractivity contribution in [2.45, 2.75) is 45.3 Å². The molecule has 0 aliphatic carbocycles. The van der Waals surface area contributed by atoms with E-state index < -0.39 is 18.1 Å². The first-order chi connectivity index (χ1) is 20.3. The first kappa shape index (κ1) is 31.3. The molecule has 1 saturated heterocycles. The standard InChI is InChI=1S/C34H43FN4O3/c1-3-21-39(22-4-2,34(42)28-12-8-11-27(24-28)33(36)41)31(23-26-9-6-5-7-10-26)32(40)25-37-17-19-38(20-18-37)30-15-13-29(35)14-16-30/h5-16,24,31-32,40H,3-4,17-23,25H2,1-2H3,(H-,36,41)/p+1/t31-,32+/m0/s1. The number of aliphatic hydroxyl groups is 1. The van der Waals surface area contributed by atoms with Gasteiger partial charge in [0, 0.05) is 50.4 Å². The van der Waals surface area contributed by atoms with E-state index in [4.69, 9.17) is 5.73 Å². The molecule has 8 heteroatoms. The monoisotopic (exact) mass is 575 g/mol. The summed E-state index contributed by atoms with van der Waals surface area (Å²) >= 11 is 0. The average molecular weight is 576 g/mol. The van der Waals surface area contributed by atoms with Crippen molar-refractivity contribution in [2.75, 3.05) is 50.7 Å². The van der Waals surface area contributed by atoms with Crippen LogP contribution in [-0.2, 0) is 6.42 Å². The second-order valence-corrected chi connectivity index (χ2v) is 11.3. The second-order valence-electron chi connectivity index (χ2n) is 11.3. The van der Waals surface area contributed by atoms with Crippen molar-refractivity contribution in [3.05, 3.63) is 101 Å². The molecule has 0 radical (unpaired) electrons. The van der Waals surface area contributed by atoms with Crippen LogP contribution < -0.4 is 10.6 Å². The Morgan fingerprint density at radius 1 is 0.881 bits per heavy atom. The van der Waals surface area contributed by atoms with Gasteiger partial charge in [0.2, 0.25) is 5.91 Å². The fourth-order valence-corrected chi connectivity index (χ4v) is 6.38. The molecule has 1 aliphatic heterocycles. The number of aliphatic hydroxyl groups excluding tert-OH is 1. The SMILES string of the molecule is CCC[N+](CCC)(C(=O)c1cccc(C(N)=O)c1)[C@@H](Cc1ccccc1)[C@H](O)CN1CCN(c2ccc(F)cc2)CC1. The third kappa shape index (κ3) is 7.43. The van der Waals surface area contributed by atoms with Crippen molar-refractivity contribution in [3.8, 4) is 0 Å². The Bertz CT molecular complexity index is 1300. The van der Waals surface area contributed by atoms with E-state index in [2.05, 4.69) is 23.6 Å². The van der Waals surface area contributed by atoms with Gasteiger partial charge in [-0.15, -0.1) is 0 Å². The highest BCUT2D eigenvalue weighted by Gasteiger charge is 2.47. The molecule has 0 saturated carbocycles. The van der Waals surface area contributed by atoms with E-state index in [9.17, 15) is 19.1 Å². The molecular formula is C34H44FN4O3+. The van der Waals surface area contributed by atoms with E-state index in [0.29, 0.717) is 37.2 Å². The summed E-state index contributed by atoms with van der Waals surface area (Å²) in [5.41, 5.74) is 8.35. The van der Waals surface area contributed by atoms with Gasteiger partial charge in [-0.2, -0.15) is 0 Å². The van der Waals surface area contributed by atoms with Gasteiger partial charge in [-0.1, -0.05) is 50.2 Å². The zero-order valence-corrected chi connectivity index (χ0v) is 24.8. The van der Waals surface area contributed by atoms with Crippen molar-refractivity contribution >= 4 is 17.5 Å². The summed E-state index contributed by atoms with van der Waals surface area (Å²) in [6.07, 6.45) is 1.29. The van der Waals surface area contributed by atoms with Gasteiger partial charge in [0.05, 0.1) is 18.7 Å². The van der Waals surface area contributed by atoms with E-state index in [1.54, 1.807) is 36.4 Å². The lowest BCUT2D eigenvalue weighted by atomic mass is 9.93. The number of carbonyl (C=O) groups excluding carboxylic acids is 2. The maximum absolute atomic E-state index is 14.5. The normalized spacial score (nSPS) is 15.8. The largest absolute Gasteiger partial charge is 0.386 e. The van der Waals surface area contributed by atoms with Gasteiger partial charge in [0.15, 0.2) is 0 Å². The van der Waals surface area contributed by atoms with Crippen LogP contribution in [-0.4, -0.2) is 84.3 Å². The summed E-state index contributed by atoms with van der Waals surface area (Å²) in [5, 5.41) is 12.0. The first-order valence-electron chi connectivity index (χ1n) is 15.0. The Morgan fingerprint density at radius 2 is 1.50 bits per heavy atom. The van der Waals surface area contributed by atoms with Crippen molar-refractivity contribution in [3.63, 3.8) is 0 Å². The van der Waals surface area contributed by atoms with Gasteiger partial charge >= 0.3 is 5.91 Å². The van der Waals surface area contributed by atoms with Crippen LogP contribution in [0, 0.1) is 5.82 Å². The van der Waals surface area contributed by atoms with Gasteiger partial charge in [-0.05, 0) is 60.9 Å². The van der Waals surface area contributed by atoms with Crippen molar-refractivity contribution < 1.29 is 23.6 Å². The van der Waals surface area contributed by atoms with Crippen LogP contribution in [0.25, 0.3) is 0 Å². The van der Waals surface area contributed by atoms with Crippen molar-refractivity contribution in [1.82, 2.24) is 4.90 Å². The number of quaternary nitrogens is 1. The maximum atomic E-state index is 14.5. The average Bonchev–Trinajstić information content (AvgIpc) is 3.00. The van der Waals surface area contributed by atoms with Gasteiger partial charge in [0.1, 0.15) is 18.0 Å². The van der Waals surface area contributed by atoms with Crippen LogP contribution in [0.15, 0.2) is 78.9 Å². The molecule has 2 atom stereocenters. The van der Waals surface area contributed by atoms with E-state index in [1.165, 1.54) is 12.1 Å². The Hall–Kier alpha value is -3.59. The summed E-state index contributed by atoms with van der Waals surface area (Å²) in [6, 6.07) is 22.9. The molecule has 3 aromatic rings. The van der Waals surface area contributed by atoms with Gasteiger partial charge in [0.25, 0.3) is 0 Å². The molecule has 0 bridgehead atoms. The van der Waals surface area contributed by atoms with Crippen LogP contribution in [0.1, 0.15) is 53.0 Å². The van der Waals surface area contributed by atoms with E-state index >= 15 is 0 Å². The topological polar surface area (TPSA) is 86.9 Å². The number of nitrogens with two attached hydrogens (primary N) is 1. The molecule has 224 valence electrons. The number of halogens is 1. The number of primary amides is 1. The third-order valence-corrected chi connectivity index (χ3v) is 8.42. The number of nitrogens with zero attached hydrogens (tertiary/aromatic N) is 3. The van der Waals surface area contributed by atoms with Crippen LogP contribution >= 0.6 is 0 Å². The molecule has 2 amide bonds. The molecule has 1 heterocycles. The molecule has 1 fully saturated rings. The number of amides is 2. The molecule has 1 aliphatic rings. The number of anilines is 1. The molecule has 4 rings (SSSR count). The number of benzene rings is 3. The van der Waals surface area contributed by atoms with Crippen LogP contribution in [0.4, 0.5) is 10.1 Å². The Labute approximate surface area is 248 Å². The number of hydrogen-bond donors (Lipinski definition) is 2. The minimum absolute atomic E-state index is 0.0945. The molecular weight excluding hydrogens is 531 g/mol. The molecule has 3 N–H and O–H groups in total. The molecule has 0 aromatic heterocycles. The lowest BCUT2D eigenvalue weighted by Gasteiger charge is -2.46. The van der Waals surface area contributed by atoms with E-state index in [-0.39, 0.29) is 16.2 Å². The van der Waals surface area contributed by atoms with Crippen LogP contribution in [0.3, 0.4) is 0 Å². The zero-order valence-electron chi connectivity index (χ0n) is 24.8. The highest BCUT2D eigenvalue weighted by atomic mass is 19.1. The van der Waals surface area contributed by atoms with Gasteiger partial charge in [-0.3, -0.25) is 14.2 Å². The van der Waals surface area contributed by atoms with Gasteiger partial charge in [-0.25, -0.2) is 9.18 Å². The maximum Gasteiger partial charge on any atom is 0.346 e. The van der Waals surface area contributed by atoms with Crippen LogP contribution in [0.2, 0.25) is 0 Å². The predicted molar refractivity (Wildman–Crippen MR) is 165 cm³/mol. The van der Waals surface area contributed by atoms with E-state index in [0.717, 1.165) is 50.3 Å². The predicted octanol–water partition coefficient (Wildman–Crippen LogP) is 4.50. The second kappa shape index (κ2) is 14.5. The third-order valence-electron chi connectivity index (χ3n) is 8.42. The summed E-state index contributed by atoms with van der Waals surface area (Å²) in [4.78, 5) is 31.0. The van der Waals surface area contributed by atoms with Crippen molar-refractivity contribution in [1.29, 1.82) is 0 Å². The smallest absolute Gasteiger partial charge is 0.346 e. The molecule has 42 heavy (non-hydrogen) atoms. The van der Waals surface area contributed by atoms with E-state index in [1.807, 2.05) is 30.3 Å². The van der Waals surface area contributed by atoms with Crippen molar-refractivity contribution in [2.24, 2.45) is 5.73 Å². The summed E-state index contributed by atoms with van der Waals surface area (Å²) in [7, 11) is 0. The van der Waals surface area contributed by atoms with Gasteiger partial charge < -0.3 is 15.7 Å². The summed E-state index contributed by atoms with van der Waals surface area (Å²) in [6.45, 7) is 8.75. The molecule has 3 aromatic carbocycles.